The summed E-state index contributed by atoms with van der Waals surface area (Å²) in [5.41, 5.74) is 0.173. The Kier molecular flexibility index (Phi) is 5.25. The Morgan fingerprint density at radius 3 is 2.35 bits per heavy atom. The van der Waals surface area contributed by atoms with Crippen molar-refractivity contribution in [2.24, 2.45) is 0 Å². The molecule has 1 saturated heterocycles. The zero-order valence-electron chi connectivity index (χ0n) is 14.0. The third-order valence-corrected chi connectivity index (χ3v) is 4.20. The lowest BCUT2D eigenvalue weighted by Crippen LogP contribution is -2.49. The first kappa shape index (κ1) is 18.0. The van der Waals surface area contributed by atoms with E-state index in [0.717, 1.165) is 11.6 Å². The molecule has 1 aliphatic heterocycles. The van der Waals surface area contributed by atoms with Gasteiger partial charge in [0.1, 0.15) is 5.82 Å². The molecule has 3 rings (SSSR count). The van der Waals surface area contributed by atoms with Gasteiger partial charge in [0, 0.05) is 38.5 Å². The second kappa shape index (κ2) is 7.59. The SMILES string of the molecule is O=C(/C=C\c1ccccc1)N1CCN(c2ncccc2C(F)(F)F)CC1. The van der Waals surface area contributed by atoms with Crippen LogP contribution in [0.1, 0.15) is 11.1 Å². The number of pyridine rings is 1. The number of rotatable bonds is 3. The number of aromatic nitrogens is 1. The molecule has 26 heavy (non-hydrogen) atoms. The summed E-state index contributed by atoms with van der Waals surface area (Å²) in [7, 11) is 0. The van der Waals surface area contributed by atoms with Crippen LogP contribution in [0.4, 0.5) is 19.0 Å². The molecule has 0 radical (unpaired) electrons. The van der Waals surface area contributed by atoms with Gasteiger partial charge in [-0.1, -0.05) is 30.3 Å². The molecule has 2 heterocycles. The van der Waals surface area contributed by atoms with Gasteiger partial charge in [-0.15, -0.1) is 0 Å². The van der Waals surface area contributed by atoms with E-state index in [0.29, 0.717) is 26.2 Å². The van der Waals surface area contributed by atoms with Crippen molar-refractivity contribution in [1.29, 1.82) is 0 Å². The molecule has 1 amide bonds. The van der Waals surface area contributed by atoms with Crippen LogP contribution in [0.25, 0.3) is 6.08 Å². The fraction of sp³-hybridized carbons (Fsp3) is 0.263. The van der Waals surface area contributed by atoms with E-state index in [2.05, 4.69) is 4.98 Å². The minimum Gasteiger partial charge on any atom is -0.353 e. The van der Waals surface area contributed by atoms with Gasteiger partial charge in [-0.3, -0.25) is 4.79 Å². The van der Waals surface area contributed by atoms with E-state index < -0.39 is 11.7 Å². The van der Waals surface area contributed by atoms with Crippen molar-refractivity contribution in [2.75, 3.05) is 31.1 Å². The van der Waals surface area contributed by atoms with Crippen molar-refractivity contribution < 1.29 is 18.0 Å². The van der Waals surface area contributed by atoms with Gasteiger partial charge in [0.15, 0.2) is 0 Å². The fourth-order valence-electron chi connectivity index (χ4n) is 2.85. The Morgan fingerprint density at radius 2 is 1.69 bits per heavy atom. The van der Waals surface area contributed by atoms with Gasteiger partial charge in [-0.05, 0) is 23.8 Å². The van der Waals surface area contributed by atoms with Gasteiger partial charge in [-0.2, -0.15) is 13.2 Å². The van der Waals surface area contributed by atoms with E-state index >= 15 is 0 Å². The van der Waals surface area contributed by atoms with Crippen LogP contribution >= 0.6 is 0 Å². The number of carbonyl (C=O) groups is 1. The first-order chi connectivity index (χ1) is 12.4. The molecule has 7 heteroatoms. The molecule has 2 aromatic rings. The van der Waals surface area contributed by atoms with E-state index in [1.54, 1.807) is 15.9 Å². The highest BCUT2D eigenvalue weighted by Crippen LogP contribution is 2.35. The molecule has 4 nitrogen and oxygen atoms in total. The first-order valence-corrected chi connectivity index (χ1v) is 8.24. The van der Waals surface area contributed by atoms with Gasteiger partial charge < -0.3 is 9.80 Å². The average molecular weight is 361 g/mol. The summed E-state index contributed by atoms with van der Waals surface area (Å²) in [6, 6.07) is 11.7. The van der Waals surface area contributed by atoms with E-state index in [-0.39, 0.29) is 11.7 Å². The van der Waals surface area contributed by atoms with Crippen molar-refractivity contribution >= 4 is 17.8 Å². The summed E-state index contributed by atoms with van der Waals surface area (Å²) in [4.78, 5) is 19.4. The summed E-state index contributed by atoms with van der Waals surface area (Å²) in [6.07, 6.45) is 0.127. The van der Waals surface area contributed by atoms with E-state index in [1.165, 1.54) is 18.3 Å². The highest BCUT2D eigenvalue weighted by atomic mass is 19.4. The highest BCUT2D eigenvalue weighted by Gasteiger charge is 2.36. The molecule has 0 spiro atoms. The van der Waals surface area contributed by atoms with E-state index in [9.17, 15) is 18.0 Å². The van der Waals surface area contributed by atoms with Crippen LogP contribution in [0.15, 0.2) is 54.7 Å². The number of hydrogen-bond acceptors (Lipinski definition) is 3. The Bertz CT molecular complexity index is 782. The lowest BCUT2D eigenvalue weighted by atomic mass is 10.2. The molecule has 0 N–H and O–H groups in total. The summed E-state index contributed by atoms with van der Waals surface area (Å²) in [6.45, 7) is 1.33. The third kappa shape index (κ3) is 4.22. The predicted molar refractivity (Wildman–Crippen MR) is 93.5 cm³/mol. The van der Waals surface area contributed by atoms with Crippen molar-refractivity contribution in [3.8, 4) is 0 Å². The summed E-state index contributed by atoms with van der Waals surface area (Å²) in [5.74, 6) is -0.225. The molecule has 0 saturated carbocycles. The fourth-order valence-corrected chi connectivity index (χ4v) is 2.85. The first-order valence-electron chi connectivity index (χ1n) is 8.24. The number of anilines is 1. The maximum Gasteiger partial charge on any atom is 0.419 e. The standard InChI is InChI=1S/C19H18F3N3O/c20-19(21,22)16-7-4-10-23-18(16)25-13-11-24(12-14-25)17(26)9-8-15-5-2-1-3-6-15/h1-10H,11-14H2/b9-8-. The normalized spacial score (nSPS) is 15.5. The molecule has 0 atom stereocenters. The summed E-state index contributed by atoms with van der Waals surface area (Å²) < 4.78 is 39.4. The molecule has 0 unspecified atom stereocenters. The molecule has 1 aromatic heterocycles. The van der Waals surface area contributed by atoms with Gasteiger partial charge in [0.25, 0.3) is 0 Å². The Hall–Kier alpha value is -2.83. The monoisotopic (exact) mass is 361 g/mol. The molecular formula is C19H18F3N3O. The van der Waals surface area contributed by atoms with Crippen molar-refractivity contribution in [2.45, 2.75) is 6.18 Å². The Morgan fingerprint density at radius 1 is 1.00 bits per heavy atom. The maximum atomic E-state index is 13.1. The van der Waals surface area contributed by atoms with Gasteiger partial charge >= 0.3 is 6.18 Å². The van der Waals surface area contributed by atoms with Gasteiger partial charge in [0.2, 0.25) is 5.91 Å². The molecule has 0 bridgehead atoms. The number of nitrogens with zero attached hydrogens (tertiary/aromatic N) is 3. The van der Waals surface area contributed by atoms with Crippen LogP contribution in [-0.2, 0) is 11.0 Å². The number of alkyl halides is 3. The largest absolute Gasteiger partial charge is 0.419 e. The van der Waals surface area contributed by atoms with Crippen molar-refractivity contribution in [3.05, 3.63) is 65.9 Å². The molecule has 0 aliphatic carbocycles. The van der Waals surface area contributed by atoms with Crippen LogP contribution in [-0.4, -0.2) is 42.0 Å². The molecular weight excluding hydrogens is 343 g/mol. The van der Waals surface area contributed by atoms with Crippen LogP contribution in [0.2, 0.25) is 0 Å². The topological polar surface area (TPSA) is 36.4 Å². The molecule has 1 aromatic carbocycles. The second-order valence-corrected chi connectivity index (χ2v) is 5.93. The van der Waals surface area contributed by atoms with Crippen LogP contribution in [0.3, 0.4) is 0 Å². The molecule has 1 fully saturated rings. The highest BCUT2D eigenvalue weighted by molar-refractivity contribution is 5.91. The van der Waals surface area contributed by atoms with E-state index in [1.807, 2.05) is 30.3 Å². The third-order valence-electron chi connectivity index (χ3n) is 4.20. The summed E-state index contributed by atoms with van der Waals surface area (Å²) in [5, 5.41) is 0. The minimum absolute atomic E-state index is 0.0769. The number of halogens is 3. The summed E-state index contributed by atoms with van der Waals surface area (Å²) >= 11 is 0. The van der Waals surface area contributed by atoms with Gasteiger partial charge in [0.05, 0.1) is 5.56 Å². The van der Waals surface area contributed by atoms with Gasteiger partial charge in [-0.25, -0.2) is 4.98 Å². The van der Waals surface area contributed by atoms with Crippen LogP contribution in [0.5, 0.6) is 0 Å². The number of piperazine rings is 1. The minimum atomic E-state index is -4.45. The maximum absolute atomic E-state index is 13.1. The van der Waals surface area contributed by atoms with Crippen molar-refractivity contribution in [1.82, 2.24) is 9.88 Å². The van der Waals surface area contributed by atoms with Crippen LogP contribution in [0, 0.1) is 0 Å². The second-order valence-electron chi connectivity index (χ2n) is 5.93. The number of amides is 1. The quantitative estimate of drug-likeness (QED) is 0.786. The Labute approximate surface area is 149 Å². The number of hydrogen-bond donors (Lipinski definition) is 0. The lowest BCUT2D eigenvalue weighted by molar-refractivity contribution is -0.137. The molecule has 136 valence electrons. The predicted octanol–water partition coefficient (Wildman–Crippen LogP) is 3.46. The van der Waals surface area contributed by atoms with Crippen LogP contribution < -0.4 is 4.90 Å². The van der Waals surface area contributed by atoms with E-state index in [4.69, 9.17) is 0 Å². The number of benzene rings is 1. The van der Waals surface area contributed by atoms with Crippen molar-refractivity contribution in [3.63, 3.8) is 0 Å². The Balaban J connectivity index is 1.63. The smallest absolute Gasteiger partial charge is 0.353 e. The zero-order valence-corrected chi connectivity index (χ0v) is 14.0. The molecule has 1 aliphatic rings. The zero-order chi connectivity index (χ0) is 18.6. The lowest BCUT2D eigenvalue weighted by Gasteiger charge is -2.35. The average Bonchev–Trinajstić information content (AvgIpc) is 2.66. The number of carbonyl (C=O) groups excluding carboxylic acids is 1.